The monoisotopic (exact) mass is 1010 g/mol. The van der Waals surface area contributed by atoms with E-state index in [9.17, 15) is 34.2 Å². The van der Waals surface area contributed by atoms with Gasteiger partial charge in [-0.15, -0.1) is 0 Å². The molecule has 3 N–H and O–H groups in total. The van der Waals surface area contributed by atoms with Gasteiger partial charge in [0.2, 0.25) is 6.10 Å². The number of amides is 2. The Labute approximate surface area is 424 Å². The molecule has 8 rings (SSSR count). The van der Waals surface area contributed by atoms with Gasteiger partial charge in [-0.3, -0.25) is 19.3 Å². The van der Waals surface area contributed by atoms with E-state index in [2.05, 4.69) is 5.32 Å². The summed E-state index contributed by atoms with van der Waals surface area (Å²) in [4.78, 5) is 102. The van der Waals surface area contributed by atoms with Crippen LogP contribution in [-0.2, 0) is 47.6 Å². The molecule has 3 aliphatic carbocycles. The number of esters is 4. The lowest BCUT2D eigenvalue weighted by molar-refractivity contribution is -0.345. The third-order valence-corrected chi connectivity index (χ3v) is 15.9. The van der Waals surface area contributed by atoms with Crippen LogP contribution in [0.4, 0.5) is 4.79 Å². The molecule has 3 aromatic carbocycles. The number of benzene rings is 3. The van der Waals surface area contributed by atoms with Crippen molar-refractivity contribution < 1.29 is 72.2 Å². The number of ketones is 1. The summed E-state index contributed by atoms with van der Waals surface area (Å²) >= 11 is 0. The highest BCUT2D eigenvalue weighted by molar-refractivity contribution is 5.95. The predicted octanol–water partition coefficient (Wildman–Crippen LogP) is 6.39. The van der Waals surface area contributed by atoms with Crippen molar-refractivity contribution in [2.75, 3.05) is 13.2 Å². The number of rotatable bonds is 11. The average molecular weight is 1010 g/mol. The minimum absolute atomic E-state index is 0.0964. The molecule has 12 atom stereocenters. The number of likely N-dealkylation sites (tertiary alicyclic amines) is 1. The van der Waals surface area contributed by atoms with Gasteiger partial charge < -0.3 is 44.0 Å². The van der Waals surface area contributed by atoms with Crippen LogP contribution in [0.1, 0.15) is 120 Å². The summed E-state index contributed by atoms with van der Waals surface area (Å²) in [7, 11) is 0. The van der Waals surface area contributed by atoms with Gasteiger partial charge in [0.05, 0.1) is 29.6 Å². The lowest BCUT2D eigenvalue weighted by atomic mass is 9.43. The maximum atomic E-state index is 15.6. The van der Waals surface area contributed by atoms with E-state index in [-0.39, 0.29) is 37.1 Å². The molecule has 2 saturated heterocycles. The Kier molecular flexibility index (Phi) is 14.3. The predicted molar refractivity (Wildman–Crippen MR) is 261 cm³/mol. The highest BCUT2D eigenvalue weighted by Gasteiger charge is 2.77. The molecule has 2 heterocycles. The number of hydrogen-bond donors (Lipinski definition) is 3. The van der Waals surface area contributed by atoms with Gasteiger partial charge in [-0.05, 0) is 88.4 Å². The minimum Gasteiger partial charge on any atom is -0.455 e. The first-order valence-electron chi connectivity index (χ1n) is 24.9. The molecule has 17 nitrogen and oxygen atoms in total. The minimum atomic E-state index is -2.30. The summed E-state index contributed by atoms with van der Waals surface area (Å²) in [5.41, 5.74) is -6.84. The number of carbonyl (C=O) groups is 7. The third kappa shape index (κ3) is 9.44. The van der Waals surface area contributed by atoms with Crippen molar-refractivity contribution in [1.29, 1.82) is 0 Å². The van der Waals surface area contributed by atoms with Gasteiger partial charge in [-0.2, -0.15) is 0 Å². The smallest absolute Gasteiger partial charge is 0.411 e. The number of aliphatic hydroxyl groups is 2. The molecule has 390 valence electrons. The Morgan fingerprint density at radius 3 is 2.05 bits per heavy atom. The van der Waals surface area contributed by atoms with Crippen LogP contribution in [0.3, 0.4) is 0 Å². The number of fused-ring (bicyclic) bond motifs is 5. The highest BCUT2D eigenvalue weighted by Crippen LogP contribution is 2.65. The maximum absolute atomic E-state index is 15.6. The molecule has 0 aromatic heterocycles. The lowest BCUT2D eigenvalue weighted by Crippen LogP contribution is -2.81. The SMILES string of the molecule is CC(=O)O[C@@]12CO[C@@H]1C[C@H](O)[C@@]1(C)C(=O)[C@H](C)C3=C(C)[C@@H](OC(=O)[C@H](OC(=O)C4CCCN4C(=O)OC(C)(C)C)[C@@H](NC(=O)c4ccccc4)c4ccccc4)C[C@](O)([C@@H](OC(=O)c4ccccc4)[C@H]21)C3(C)C. The molecule has 2 aliphatic heterocycles. The molecule has 2 bridgehead atoms. The topological polar surface area (TPSA) is 231 Å². The first kappa shape index (κ1) is 52.9. The summed E-state index contributed by atoms with van der Waals surface area (Å²) in [5, 5.41) is 29.0. The van der Waals surface area contributed by atoms with Gasteiger partial charge in [-0.25, -0.2) is 19.2 Å². The van der Waals surface area contributed by atoms with E-state index in [0.717, 1.165) is 0 Å². The van der Waals surface area contributed by atoms with Crippen LogP contribution in [0, 0.1) is 22.7 Å². The lowest BCUT2D eigenvalue weighted by Gasteiger charge is -2.67. The molecular formula is C56H66N2O15. The van der Waals surface area contributed by atoms with E-state index in [4.69, 9.17) is 28.4 Å². The molecule has 5 aliphatic rings. The summed E-state index contributed by atoms with van der Waals surface area (Å²) in [5.74, 6) is -7.43. The molecule has 1 unspecified atom stereocenters. The maximum Gasteiger partial charge on any atom is 0.411 e. The number of nitrogens with zero attached hydrogens (tertiary/aromatic N) is 1. The fraction of sp³-hybridized carbons (Fsp3) is 0.518. The second kappa shape index (κ2) is 19.8. The van der Waals surface area contributed by atoms with E-state index in [1.807, 2.05) is 0 Å². The van der Waals surface area contributed by atoms with E-state index in [0.29, 0.717) is 23.1 Å². The van der Waals surface area contributed by atoms with Gasteiger partial charge in [0.15, 0.2) is 5.60 Å². The zero-order valence-corrected chi connectivity index (χ0v) is 42.7. The summed E-state index contributed by atoms with van der Waals surface area (Å²) in [6.45, 7) is 14.4. The zero-order valence-electron chi connectivity index (χ0n) is 42.7. The number of Topliss-reactive ketones (excluding diaryl/α,β-unsaturated/α-hetero) is 1. The van der Waals surface area contributed by atoms with E-state index in [1.165, 1.54) is 30.9 Å². The fourth-order valence-electron chi connectivity index (χ4n) is 12.3. The van der Waals surface area contributed by atoms with Crippen molar-refractivity contribution in [3.05, 3.63) is 119 Å². The van der Waals surface area contributed by atoms with Gasteiger partial charge in [-0.1, -0.05) is 87.5 Å². The van der Waals surface area contributed by atoms with Crippen molar-refractivity contribution in [2.45, 2.75) is 147 Å². The molecule has 4 fully saturated rings. The number of hydrogen-bond acceptors (Lipinski definition) is 15. The van der Waals surface area contributed by atoms with Crippen LogP contribution in [-0.4, -0.2) is 123 Å². The van der Waals surface area contributed by atoms with E-state index >= 15 is 9.59 Å². The van der Waals surface area contributed by atoms with Crippen molar-refractivity contribution in [2.24, 2.45) is 22.7 Å². The Balaban J connectivity index is 1.26. The van der Waals surface area contributed by atoms with Crippen LogP contribution < -0.4 is 5.32 Å². The molecule has 2 amide bonds. The molecule has 17 heteroatoms. The largest absolute Gasteiger partial charge is 0.455 e. The summed E-state index contributed by atoms with van der Waals surface area (Å²) in [6.07, 6.45) is -8.32. The van der Waals surface area contributed by atoms with Gasteiger partial charge in [0.25, 0.3) is 5.91 Å². The quantitative estimate of drug-likeness (QED) is 0.107. The normalized spacial score (nSPS) is 31.1. The first-order valence-corrected chi connectivity index (χ1v) is 24.9. The van der Waals surface area contributed by atoms with Crippen molar-refractivity contribution in [3.63, 3.8) is 0 Å². The van der Waals surface area contributed by atoms with Crippen molar-refractivity contribution >= 4 is 41.7 Å². The molecule has 73 heavy (non-hydrogen) atoms. The molecule has 2 saturated carbocycles. The summed E-state index contributed by atoms with van der Waals surface area (Å²) < 4.78 is 37.0. The average Bonchev–Trinajstić information content (AvgIpc) is 3.85. The van der Waals surface area contributed by atoms with Gasteiger partial charge in [0, 0.05) is 43.2 Å². The summed E-state index contributed by atoms with van der Waals surface area (Å²) in [6, 6.07) is 21.9. The molecule has 0 radical (unpaired) electrons. The Morgan fingerprint density at radius 2 is 1.48 bits per heavy atom. The van der Waals surface area contributed by atoms with Crippen molar-refractivity contribution in [1.82, 2.24) is 10.2 Å². The van der Waals surface area contributed by atoms with Gasteiger partial charge >= 0.3 is 30.0 Å². The number of nitrogens with one attached hydrogen (secondary N) is 1. The first-order chi connectivity index (χ1) is 34.4. The third-order valence-electron chi connectivity index (χ3n) is 15.9. The number of ether oxygens (including phenoxy) is 6. The van der Waals surface area contributed by atoms with E-state index in [1.54, 1.807) is 127 Å². The Bertz CT molecular complexity index is 2670. The highest BCUT2D eigenvalue weighted by atomic mass is 16.6. The zero-order chi connectivity index (χ0) is 53.0. The van der Waals surface area contributed by atoms with Crippen LogP contribution in [0.2, 0.25) is 0 Å². The van der Waals surface area contributed by atoms with Crippen LogP contribution >= 0.6 is 0 Å². The van der Waals surface area contributed by atoms with Crippen LogP contribution in [0.5, 0.6) is 0 Å². The Morgan fingerprint density at radius 1 is 0.877 bits per heavy atom. The number of carbonyl (C=O) groups excluding carboxylic acids is 7. The van der Waals surface area contributed by atoms with Crippen LogP contribution in [0.25, 0.3) is 0 Å². The molecular weight excluding hydrogens is 941 g/mol. The standard InChI is InChI=1S/C56H66N2O15/c1-31-38(69-50(65)43(70-49(64)37-26-19-27-58(37)51(66)73-52(4,5)6)42(34-20-13-10-14-21-34)57-47(62)35-22-15-11-16-23-35)29-56(67)46(71-48(63)36-24-17-12-18-25-36)44-54(9,45(61)32(2)41(31)53(56,7)8)39(60)28-40-55(44,30-68-40)72-33(3)59/h10-18,20-25,32,37-40,42-44,46,60,67H,19,26-30H2,1-9H3,(H,57,62)/t32-,37?,38+,39+,40-,42+,43-,44+,46+,54-,55+,56+/m1/s1. The second-order valence-electron chi connectivity index (χ2n) is 21.8. The van der Waals surface area contributed by atoms with Crippen LogP contribution in [0.15, 0.2) is 102 Å². The Hall–Kier alpha value is -6.43. The fourth-order valence-corrected chi connectivity index (χ4v) is 12.3. The molecule has 3 aromatic rings. The number of aliphatic hydroxyl groups excluding tert-OH is 1. The van der Waals surface area contributed by atoms with Gasteiger partial charge in [0.1, 0.15) is 47.4 Å². The second-order valence-corrected chi connectivity index (χ2v) is 21.8. The van der Waals surface area contributed by atoms with E-state index < -0.39 is 130 Å². The van der Waals surface area contributed by atoms with Crippen molar-refractivity contribution in [3.8, 4) is 0 Å². The molecule has 0 spiro atoms.